The van der Waals surface area contributed by atoms with Gasteiger partial charge in [-0.3, -0.25) is 0 Å². The quantitative estimate of drug-likeness (QED) is 0.579. The Bertz CT molecular complexity index is 987. The van der Waals surface area contributed by atoms with Gasteiger partial charge >= 0.3 is 0 Å². The van der Waals surface area contributed by atoms with Crippen molar-refractivity contribution in [2.45, 2.75) is 20.3 Å². The molecule has 2 aromatic heterocycles. The van der Waals surface area contributed by atoms with Crippen molar-refractivity contribution in [2.24, 2.45) is 0 Å². The molecule has 0 fully saturated rings. The first kappa shape index (κ1) is 13.8. The number of nitrogens with zero attached hydrogens (tertiary/aromatic N) is 2. The van der Waals surface area contributed by atoms with Crippen LogP contribution < -0.4 is 5.32 Å². The van der Waals surface area contributed by atoms with E-state index in [0.29, 0.717) is 11.4 Å². The van der Waals surface area contributed by atoms with E-state index in [-0.39, 0.29) is 0 Å². The summed E-state index contributed by atoms with van der Waals surface area (Å²) in [6.45, 7) is 4.13. The Morgan fingerprint density at radius 2 is 1.78 bits per heavy atom. The van der Waals surface area contributed by atoms with Gasteiger partial charge < -0.3 is 9.73 Å². The number of hydrogen-bond donors (Lipinski definition) is 1. The Balaban J connectivity index is 1.91. The van der Waals surface area contributed by atoms with Gasteiger partial charge in [-0.25, -0.2) is 9.97 Å². The number of nitrogens with one attached hydrogen (secondary N) is 1. The monoisotopic (exact) mass is 303 g/mol. The summed E-state index contributed by atoms with van der Waals surface area (Å²) in [6.07, 6.45) is 0.776. The van der Waals surface area contributed by atoms with E-state index in [1.165, 1.54) is 5.56 Å². The van der Waals surface area contributed by atoms with Crippen LogP contribution in [-0.2, 0) is 6.42 Å². The molecular weight excluding hydrogens is 286 g/mol. The zero-order valence-electron chi connectivity index (χ0n) is 13.1. The van der Waals surface area contributed by atoms with Gasteiger partial charge in [0.25, 0.3) is 0 Å². The van der Waals surface area contributed by atoms with Crippen molar-refractivity contribution in [1.82, 2.24) is 9.97 Å². The average Bonchev–Trinajstić information content (AvgIpc) is 2.96. The third kappa shape index (κ3) is 2.42. The molecule has 0 bridgehead atoms. The molecule has 4 rings (SSSR count). The molecule has 0 saturated heterocycles. The van der Waals surface area contributed by atoms with E-state index >= 15 is 0 Å². The minimum atomic E-state index is 0.698. The number of furan rings is 1. The van der Waals surface area contributed by atoms with E-state index in [2.05, 4.69) is 41.3 Å². The fourth-order valence-corrected chi connectivity index (χ4v) is 2.65. The molecule has 0 radical (unpaired) electrons. The zero-order chi connectivity index (χ0) is 15.8. The van der Waals surface area contributed by atoms with Crippen molar-refractivity contribution in [3.05, 3.63) is 59.9 Å². The van der Waals surface area contributed by atoms with Crippen molar-refractivity contribution in [3.8, 4) is 0 Å². The molecular formula is C19H17N3O. The molecule has 0 unspecified atom stereocenters. The van der Waals surface area contributed by atoms with Gasteiger partial charge in [0.05, 0.1) is 0 Å². The smallest absolute Gasteiger partial charge is 0.196 e. The molecule has 0 aliphatic rings. The molecule has 2 aromatic carbocycles. The largest absolute Gasteiger partial charge is 0.450 e. The van der Waals surface area contributed by atoms with Gasteiger partial charge in [-0.15, -0.1) is 0 Å². The van der Waals surface area contributed by atoms with Crippen LogP contribution in [0, 0.1) is 6.92 Å². The molecule has 0 amide bonds. The molecule has 0 aliphatic carbocycles. The summed E-state index contributed by atoms with van der Waals surface area (Å²) in [5, 5.41) is 4.38. The van der Waals surface area contributed by atoms with Crippen LogP contribution in [0.15, 0.2) is 52.9 Å². The third-order valence-electron chi connectivity index (χ3n) is 3.90. The Morgan fingerprint density at radius 1 is 1.00 bits per heavy atom. The van der Waals surface area contributed by atoms with E-state index in [1.54, 1.807) is 0 Å². The second-order valence-electron chi connectivity index (χ2n) is 5.61. The van der Waals surface area contributed by atoms with E-state index in [9.17, 15) is 0 Å². The second-order valence-corrected chi connectivity index (χ2v) is 5.61. The lowest BCUT2D eigenvalue weighted by Crippen LogP contribution is -2.00. The summed E-state index contributed by atoms with van der Waals surface area (Å²) >= 11 is 0. The highest BCUT2D eigenvalue weighted by Crippen LogP contribution is 2.32. The summed E-state index contributed by atoms with van der Waals surface area (Å²) in [5.74, 6) is 1.52. The molecule has 23 heavy (non-hydrogen) atoms. The standard InChI is InChI=1S/C19H17N3O/c1-3-16-21-17-14-6-4-5-7-15(14)23-18(17)19(22-16)20-13-10-8-12(2)9-11-13/h4-11H,3H2,1-2H3,(H,20,21,22). The predicted molar refractivity (Wildman–Crippen MR) is 93.1 cm³/mol. The summed E-state index contributed by atoms with van der Waals surface area (Å²) in [7, 11) is 0. The molecule has 4 heteroatoms. The van der Waals surface area contributed by atoms with Crippen molar-refractivity contribution in [3.63, 3.8) is 0 Å². The number of fused-ring (bicyclic) bond motifs is 3. The number of aryl methyl sites for hydroxylation is 2. The maximum Gasteiger partial charge on any atom is 0.196 e. The number of rotatable bonds is 3. The summed E-state index contributed by atoms with van der Waals surface area (Å²) in [6, 6.07) is 16.2. The Morgan fingerprint density at radius 3 is 2.57 bits per heavy atom. The maximum atomic E-state index is 5.99. The lowest BCUT2D eigenvalue weighted by Gasteiger charge is -2.07. The van der Waals surface area contributed by atoms with Gasteiger partial charge in [-0.05, 0) is 31.2 Å². The molecule has 4 nitrogen and oxygen atoms in total. The normalized spacial score (nSPS) is 11.2. The zero-order valence-corrected chi connectivity index (χ0v) is 13.1. The van der Waals surface area contributed by atoms with Gasteiger partial charge in [0, 0.05) is 17.5 Å². The van der Waals surface area contributed by atoms with Gasteiger partial charge in [0.2, 0.25) is 0 Å². The number of para-hydroxylation sites is 1. The highest BCUT2D eigenvalue weighted by Gasteiger charge is 2.15. The number of benzene rings is 2. The third-order valence-corrected chi connectivity index (χ3v) is 3.90. The first-order chi connectivity index (χ1) is 11.2. The average molecular weight is 303 g/mol. The maximum absolute atomic E-state index is 5.99. The molecule has 0 spiro atoms. The van der Waals surface area contributed by atoms with Crippen molar-refractivity contribution in [2.75, 3.05) is 5.32 Å². The highest BCUT2D eigenvalue weighted by molar-refractivity contribution is 6.06. The molecule has 0 saturated carbocycles. The van der Waals surface area contributed by atoms with Gasteiger partial charge in [0.15, 0.2) is 11.4 Å². The summed E-state index contributed by atoms with van der Waals surface area (Å²) < 4.78 is 5.99. The number of anilines is 2. The molecule has 0 atom stereocenters. The van der Waals surface area contributed by atoms with Crippen molar-refractivity contribution >= 4 is 33.6 Å². The molecule has 0 aliphatic heterocycles. The van der Waals surface area contributed by atoms with Crippen LogP contribution in [0.2, 0.25) is 0 Å². The number of hydrogen-bond acceptors (Lipinski definition) is 4. The highest BCUT2D eigenvalue weighted by atomic mass is 16.3. The van der Waals surface area contributed by atoms with Crippen LogP contribution in [-0.4, -0.2) is 9.97 Å². The molecule has 114 valence electrons. The fourth-order valence-electron chi connectivity index (χ4n) is 2.65. The lowest BCUT2D eigenvalue weighted by atomic mass is 10.2. The SMILES string of the molecule is CCc1nc(Nc2ccc(C)cc2)c2oc3ccccc3c2n1. The van der Waals surface area contributed by atoms with Crippen LogP contribution in [0.4, 0.5) is 11.5 Å². The summed E-state index contributed by atoms with van der Waals surface area (Å²) in [4.78, 5) is 9.27. The van der Waals surface area contributed by atoms with E-state index in [4.69, 9.17) is 4.42 Å². The summed E-state index contributed by atoms with van der Waals surface area (Å²) in [5.41, 5.74) is 4.60. The Labute approximate surface area is 134 Å². The van der Waals surface area contributed by atoms with Crippen LogP contribution in [0.5, 0.6) is 0 Å². The van der Waals surface area contributed by atoms with Gasteiger partial charge in [-0.2, -0.15) is 0 Å². The topological polar surface area (TPSA) is 51.0 Å². The second kappa shape index (κ2) is 5.39. The molecule has 2 heterocycles. The predicted octanol–water partition coefficient (Wildman–Crippen LogP) is 4.99. The molecule has 1 N–H and O–H groups in total. The van der Waals surface area contributed by atoms with E-state index in [0.717, 1.165) is 34.4 Å². The van der Waals surface area contributed by atoms with Crippen LogP contribution in [0.1, 0.15) is 18.3 Å². The number of aromatic nitrogens is 2. The van der Waals surface area contributed by atoms with Crippen LogP contribution in [0.25, 0.3) is 22.1 Å². The van der Waals surface area contributed by atoms with E-state index < -0.39 is 0 Å². The minimum absolute atomic E-state index is 0.698. The van der Waals surface area contributed by atoms with Crippen molar-refractivity contribution in [1.29, 1.82) is 0 Å². The lowest BCUT2D eigenvalue weighted by molar-refractivity contribution is 0.666. The van der Waals surface area contributed by atoms with Gasteiger partial charge in [-0.1, -0.05) is 36.8 Å². The molecule has 4 aromatic rings. The Kier molecular flexibility index (Phi) is 3.23. The fraction of sp³-hybridized carbons (Fsp3) is 0.158. The van der Waals surface area contributed by atoms with E-state index in [1.807, 2.05) is 36.4 Å². The van der Waals surface area contributed by atoms with Crippen LogP contribution in [0.3, 0.4) is 0 Å². The first-order valence-corrected chi connectivity index (χ1v) is 7.76. The Hall–Kier alpha value is -2.88. The van der Waals surface area contributed by atoms with Crippen LogP contribution >= 0.6 is 0 Å². The van der Waals surface area contributed by atoms with Crippen molar-refractivity contribution < 1.29 is 4.42 Å². The first-order valence-electron chi connectivity index (χ1n) is 7.76. The van der Waals surface area contributed by atoms with Gasteiger partial charge in [0.1, 0.15) is 16.9 Å². The minimum Gasteiger partial charge on any atom is -0.450 e.